The summed E-state index contributed by atoms with van der Waals surface area (Å²) in [6.07, 6.45) is -7.56. The summed E-state index contributed by atoms with van der Waals surface area (Å²) < 4.78 is 76.9. The van der Waals surface area contributed by atoms with Gasteiger partial charge in [0.2, 0.25) is 5.91 Å². The fourth-order valence-corrected chi connectivity index (χ4v) is 3.31. The number of rotatable bonds is 9. The largest absolute Gasteiger partial charge is 0.490 e. The van der Waals surface area contributed by atoms with Crippen molar-refractivity contribution >= 4 is 35.5 Å². The Hall–Kier alpha value is -4.64. The molecule has 18 heteroatoms. The number of carboxylic acid groups (broad SMARTS) is 3. The van der Waals surface area contributed by atoms with E-state index in [1.54, 1.807) is 6.07 Å². The topological polar surface area (TPSA) is 178 Å². The van der Waals surface area contributed by atoms with E-state index in [-0.39, 0.29) is 18.7 Å². The molecular weight excluding hydrogens is 601 g/mol. The van der Waals surface area contributed by atoms with Crippen LogP contribution in [-0.4, -0.2) is 69.6 Å². The van der Waals surface area contributed by atoms with E-state index >= 15 is 0 Å². The Morgan fingerprint density at radius 2 is 1.56 bits per heavy atom. The zero-order valence-electron chi connectivity index (χ0n) is 22.1. The molecule has 1 atom stereocenters. The van der Waals surface area contributed by atoms with Crippen LogP contribution < -0.4 is 16.0 Å². The molecular formula is C25H27F7N4O7. The van der Waals surface area contributed by atoms with Crippen LogP contribution in [0.25, 0.3) is 0 Å². The molecule has 0 saturated heterocycles. The van der Waals surface area contributed by atoms with Crippen LogP contribution in [0.5, 0.6) is 0 Å². The number of benzene rings is 1. The number of pyridine rings is 1. The average molecular weight is 628 g/mol. The number of anilines is 2. The van der Waals surface area contributed by atoms with Crippen molar-refractivity contribution < 1.29 is 65.2 Å². The van der Waals surface area contributed by atoms with Gasteiger partial charge in [-0.1, -0.05) is 18.2 Å². The van der Waals surface area contributed by atoms with Gasteiger partial charge in [-0.15, -0.1) is 0 Å². The van der Waals surface area contributed by atoms with Crippen LogP contribution in [0, 0.1) is 5.82 Å². The summed E-state index contributed by atoms with van der Waals surface area (Å²) in [4.78, 5) is 45.7. The molecule has 6 N–H and O–H groups in total. The summed E-state index contributed by atoms with van der Waals surface area (Å²) >= 11 is 0. The van der Waals surface area contributed by atoms with Gasteiger partial charge in [-0.05, 0) is 48.6 Å². The summed E-state index contributed by atoms with van der Waals surface area (Å²) in [5.74, 6) is -5.66. The molecule has 11 nitrogen and oxygen atoms in total. The Balaban J connectivity index is 0.000000548. The Kier molecular flexibility index (Phi) is 14.1. The third-order valence-electron chi connectivity index (χ3n) is 5.23. The van der Waals surface area contributed by atoms with E-state index in [1.165, 1.54) is 23.8 Å². The van der Waals surface area contributed by atoms with Crippen molar-refractivity contribution in [1.82, 2.24) is 10.3 Å². The molecule has 1 aromatic carbocycles. The van der Waals surface area contributed by atoms with E-state index in [0.717, 1.165) is 31.0 Å². The van der Waals surface area contributed by atoms with Gasteiger partial charge in [0.25, 0.3) is 0 Å². The van der Waals surface area contributed by atoms with Gasteiger partial charge >= 0.3 is 30.3 Å². The van der Waals surface area contributed by atoms with Crippen LogP contribution in [0.15, 0.2) is 36.4 Å². The summed E-state index contributed by atoms with van der Waals surface area (Å²) in [5.41, 5.74) is 1.65. The highest BCUT2D eigenvalue weighted by molar-refractivity contribution is 5.77. The van der Waals surface area contributed by atoms with Crippen molar-refractivity contribution in [2.75, 3.05) is 23.7 Å². The third kappa shape index (κ3) is 14.7. The standard InChI is InChI=1S/C21H25FN4O3.2C2HF3O2/c22-16-6-1-4-15(12-16)17(13-20(28)29)25-19(27)7-3-10-23-18-9-8-14-5-2-11-24-21(14)26-18;2*3-2(4,5)1(6)7/h1,4,6,8-9,12,17H,2-3,5,7,10-11,13H2,(H,25,27)(H,28,29)(H2,23,24,26);2*(H,6,7). The minimum absolute atomic E-state index is 0.224. The molecule has 238 valence electrons. The van der Waals surface area contributed by atoms with E-state index in [0.29, 0.717) is 18.5 Å². The van der Waals surface area contributed by atoms with E-state index < -0.39 is 42.1 Å². The normalized spacial score (nSPS) is 12.9. The monoisotopic (exact) mass is 628 g/mol. The van der Waals surface area contributed by atoms with E-state index in [2.05, 4.69) is 27.0 Å². The van der Waals surface area contributed by atoms with E-state index in [9.17, 15) is 40.3 Å². The molecule has 0 fully saturated rings. The van der Waals surface area contributed by atoms with Crippen LogP contribution in [0.4, 0.5) is 42.4 Å². The van der Waals surface area contributed by atoms with Crippen molar-refractivity contribution in [2.45, 2.75) is 50.5 Å². The number of carbonyl (C=O) groups is 4. The smallest absolute Gasteiger partial charge is 0.481 e. The molecule has 2 heterocycles. The molecule has 43 heavy (non-hydrogen) atoms. The van der Waals surface area contributed by atoms with Crippen LogP contribution in [0.2, 0.25) is 0 Å². The highest BCUT2D eigenvalue weighted by Gasteiger charge is 2.38. The predicted octanol–water partition coefficient (Wildman–Crippen LogP) is 4.37. The highest BCUT2D eigenvalue weighted by atomic mass is 19.4. The molecule has 1 unspecified atom stereocenters. The maximum atomic E-state index is 13.4. The Morgan fingerprint density at radius 1 is 0.953 bits per heavy atom. The lowest BCUT2D eigenvalue weighted by Crippen LogP contribution is -2.30. The molecule has 1 amide bonds. The molecule has 1 aromatic heterocycles. The second-order valence-corrected chi connectivity index (χ2v) is 8.64. The lowest BCUT2D eigenvalue weighted by atomic mass is 10.0. The SMILES string of the molecule is O=C(O)C(F)(F)F.O=C(O)C(F)(F)F.O=C(O)CC(NC(=O)CCCNc1ccc2c(n1)NCCC2)c1cccc(F)c1. The number of fused-ring (bicyclic) bond motifs is 1. The first-order valence-electron chi connectivity index (χ1n) is 12.2. The van der Waals surface area contributed by atoms with Gasteiger partial charge in [0, 0.05) is 19.5 Å². The number of aryl methyl sites for hydroxylation is 1. The summed E-state index contributed by atoms with van der Waals surface area (Å²) in [6.45, 7) is 1.48. The fourth-order valence-electron chi connectivity index (χ4n) is 3.31. The molecule has 0 saturated carbocycles. The fraction of sp³-hybridized carbons (Fsp3) is 0.400. The van der Waals surface area contributed by atoms with Gasteiger partial charge in [-0.25, -0.2) is 19.0 Å². The number of halogens is 7. The third-order valence-corrected chi connectivity index (χ3v) is 5.23. The molecule has 1 aliphatic heterocycles. The summed E-state index contributed by atoms with van der Waals surface area (Å²) in [5, 5.41) is 32.5. The summed E-state index contributed by atoms with van der Waals surface area (Å²) in [7, 11) is 0. The van der Waals surface area contributed by atoms with Gasteiger partial charge in [-0.3, -0.25) is 9.59 Å². The number of carbonyl (C=O) groups excluding carboxylic acids is 1. The molecule has 1 aliphatic rings. The van der Waals surface area contributed by atoms with Crippen LogP contribution >= 0.6 is 0 Å². The van der Waals surface area contributed by atoms with E-state index in [1.807, 2.05) is 6.07 Å². The van der Waals surface area contributed by atoms with Gasteiger partial charge in [0.1, 0.15) is 17.5 Å². The average Bonchev–Trinajstić information content (AvgIpc) is 2.90. The number of nitrogens with one attached hydrogen (secondary N) is 3. The van der Waals surface area contributed by atoms with Gasteiger partial charge < -0.3 is 31.3 Å². The molecule has 0 radical (unpaired) electrons. The Morgan fingerprint density at radius 3 is 2.09 bits per heavy atom. The number of hydrogen-bond acceptors (Lipinski definition) is 7. The minimum Gasteiger partial charge on any atom is -0.481 e. The van der Waals surface area contributed by atoms with Crippen molar-refractivity contribution in [3.8, 4) is 0 Å². The lowest BCUT2D eigenvalue weighted by molar-refractivity contribution is -0.193. The number of amides is 1. The molecule has 3 rings (SSSR count). The zero-order chi connectivity index (χ0) is 32.8. The first kappa shape index (κ1) is 36.4. The minimum atomic E-state index is -5.08. The number of aliphatic carboxylic acids is 3. The number of hydrogen-bond donors (Lipinski definition) is 6. The Bertz CT molecular complexity index is 1230. The quantitative estimate of drug-likeness (QED) is 0.173. The number of alkyl halides is 6. The molecule has 0 spiro atoms. The highest BCUT2D eigenvalue weighted by Crippen LogP contribution is 2.22. The van der Waals surface area contributed by atoms with Gasteiger partial charge in [0.05, 0.1) is 12.5 Å². The second kappa shape index (κ2) is 16.7. The van der Waals surface area contributed by atoms with Crippen LogP contribution in [0.1, 0.15) is 42.9 Å². The van der Waals surface area contributed by atoms with Crippen LogP contribution in [-0.2, 0) is 25.6 Å². The molecule has 0 aliphatic carbocycles. The molecule has 0 bridgehead atoms. The first-order valence-corrected chi connectivity index (χ1v) is 12.2. The number of carboxylic acids is 3. The van der Waals surface area contributed by atoms with Crippen molar-refractivity contribution in [2.24, 2.45) is 0 Å². The van der Waals surface area contributed by atoms with Crippen LogP contribution in [0.3, 0.4) is 0 Å². The number of nitrogens with zero attached hydrogens (tertiary/aromatic N) is 1. The van der Waals surface area contributed by atoms with Crippen molar-refractivity contribution in [3.63, 3.8) is 0 Å². The van der Waals surface area contributed by atoms with E-state index in [4.69, 9.17) is 24.9 Å². The van der Waals surface area contributed by atoms with Crippen molar-refractivity contribution in [1.29, 1.82) is 0 Å². The first-order chi connectivity index (χ1) is 19.9. The maximum Gasteiger partial charge on any atom is 0.490 e. The second-order valence-electron chi connectivity index (χ2n) is 8.64. The van der Waals surface area contributed by atoms with Crippen molar-refractivity contribution in [3.05, 3.63) is 53.3 Å². The Labute approximate surface area is 239 Å². The lowest BCUT2D eigenvalue weighted by Gasteiger charge is -2.18. The van der Waals surface area contributed by atoms with Gasteiger partial charge in [-0.2, -0.15) is 26.3 Å². The predicted molar refractivity (Wildman–Crippen MR) is 136 cm³/mol. The molecule has 2 aromatic rings. The van der Waals surface area contributed by atoms with Gasteiger partial charge in [0.15, 0.2) is 0 Å². The number of aromatic nitrogens is 1. The maximum absolute atomic E-state index is 13.4. The zero-order valence-corrected chi connectivity index (χ0v) is 22.1. The summed E-state index contributed by atoms with van der Waals surface area (Å²) in [6, 6.07) is 8.84.